The molecule has 0 aliphatic carbocycles. The van der Waals surface area contributed by atoms with Crippen LogP contribution >= 0.6 is 11.6 Å². The van der Waals surface area contributed by atoms with Crippen LogP contribution in [0.3, 0.4) is 0 Å². The van der Waals surface area contributed by atoms with E-state index in [4.69, 9.17) is 16.0 Å². The number of aryl methyl sites for hydroxylation is 1. The highest BCUT2D eigenvalue weighted by molar-refractivity contribution is 7.92. The predicted octanol–water partition coefficient (Wildman–Crippen LogP) is 4.17. The van der Waals surface area contributed by atoms with E-state index in [1.165, 1.54) is 36.7 Å². The monoisotopic (exact) mass is 456 g/mol. The second kappa shape index (κ2) is 8.37. The average molecular weight is 457 g/mol. The molecule has 2 heterocycles. The Kier molecular flexibility index (Phi) is 5.62. The minimum Gasteiger partial charge on any atom is -0.464 e. The van der Waals surface area contributed by atoms with Crippen molar-refractivity contribution in [2.24, 2.45) is 0 Å². The number of sulfonamides is 1. The maximum atomic E-state index is 12.5. The SMILES string of the molecule is Cc1ccnc(NS(=O)(=O)c2ccc(NC(=O)Cc3coc4ccc(Cl)cc34)cc2)n1. The van der Waals surface area contributed by atoms with Crippen LogP contribution in [0, 0.1) is 6.92 Å². The standard InChI is InChI=1S/C21H17ClN4O4S/c1-13-8-9-23-21(24-13)26-31(28,29)17-5-3-16(4-6-17)25-20(27)10-14-12-30-19-7-2-15(22)11-18(14)19/h2-9,11-12H,10H2,1H3,(H,25,27)(H,23,24,26). The summed E-state index contributed by atoms with van der Waals surface area (Å²) in [4.78, 5) is 20.4. The zero-order valence-electron chi connectivity index (χ0n) is 16.3. The van der Waals surface area contributed by atoms with Gasteiger partial charge in [0.1, 0.15) is 5.58 Å². The number of rotatable bonds is 6. The zero-order valence-corrected chi connectivity index (χ0v) is 17.9. The van der Waals surface area contributed by atoms with E-state index in [1.807, 2.05) is 0 Å². The number of aromatic nitrogens is 2. The largest absolute Gasteiger partial charge is 0.464 e. The lowest BCUT2D eigenvalue weighted by molar-refractivity contribution is -0.115. The second-order valence-corrected chi connectivity index (χ2v) is 8.90. The third-order valence-electron chi connectivity index (χ3n) is 4.44. The molecule has 0 spiro atoms. The molecule has 2 aromatic carbocycles. The molecule has 0 bridgehead atoms. The van der Waals surface area contributed by atoms with Crippen LogP contribution in [0.1, 0.15) is 11.3 Å². The van der Waals surface area contributed by atoms with Crippen molar-refractivity contribution in [2.75, 3.05) is 10.0 Å². The number of nitrogens with one attached hydrogen (secondary N) is 2. The van der Waals surface area contributed by atoms with Gasteiger partial charge in [-0.15, -0.1) is 0 Å². The van der Waals surface area contributed by atoms with Crippen molar-refractivity contribution in [1.82, 2.24) is 9.97 Å². The summed E-state index contributed by atoms with van der Waals surface area (Å²) in [5.74, 6) is -0.283. The lowest BCUT2D eigenvalue weighted by Crippen LogP contribution is -2.16. The number of carbonyl (C=O) groups excluding carboxylic acids is 1. The normalized spacial score (nSPS) is 11.4. The quantitative estimate of drug-likeness (QED) is 0.450. The zero-order chi connectivity index (χ0) is 22.0. The third-order valence-corrected chi connectivity index (χ3v) is 6.01. The summed E-state index contributed by atoms with van der Waals surface area (Å²) in [5.41, 5.74) is 2.45. The van der Waals surface area contributed by atoms with Gasteiger partial charge in [-0.3, -0.25) is 4.79 Å². The minimum absolute atomic E-state index is 0.00942. The first kappa shape index (κ1) is 20.8. The summed E-state index contributed by atoms with van der Waals surface area (Å²) >= 11 is 6.02. The molecule has 31 heavy (non-hydrogen) atoms. The van der Waals surface area contributed by atoms with Crippen molar-refractivity contribution in [3.63, 3.8) is 0 Å². The molecule has 0 unspecified atom stereocenters. The number of hydrogen-bond donors (Lipinski definition) is 2. The Morgan fingerprint density at radius 3 is 2.65 bits per heavy atom. The number of benzene rings is 2. The van der Waals surface area contributed by atoms with Crippen LogP contribution in [0.25, 0.3) is 11.0 Å². The summed E-state index contributed by atoms with van der Waals surface area (Å²) in [6, 6.07) is 12.7. The first-order valence-corrected chi connectivity index (χ1v) is 11.0. The van der Waals surface area contributed by atoms with E-state index in [1.54, 1.807) is 31.2 Å². The van der Waals surface area contributed by atoms with Gasteiger partial charge >= 0.3 is 0 Å². The third kappa shape index (κ3) is 4.84. The van der Waals surface area contributed by atoms with Crippen LogP contribution in [-0.4, -0.2) is 24.3 Å². The molecule has 158 valence electrons. The number of hydrogen-bond acceptors (Lipinski definition) is 6. The highest BCUT2D eigenvalue weighted by Gasteiger charge is 2.16. The number of nitrogens with zero attached hydrogens (tertiary/aromatic N) is 2. The van der Waals surface area contributed by atoms with Crippen LogP contribution in [0.4, 0.5) is 11.6 Å². The molecule has 0 saturated carbocycles. The molecule has 4 rings (SSSR count). The number of furan rings is 1. The summed E-state index contributed by atoms with van der Waals surface area (Å²) < 4.78 is 32.8. The van der Waals surface area contributed by atoms with Crippen molar-refractivity contribution in [1.29, 1.82) is 0 Å². The molecule has 0 aliphatic heterocycles. The van der Waals surface area contributed by atoms with E-state index in [9.17, 15) is 13.2 Å². The Morgan fingerprint density at radius 2 is 1.90 bits per heavy atom. The average Bonchev–Trinajstić information content (AvgIpc) is 3.10. The van der Waals surface area contributed by atoms with Crippen molar-refractivity contribution in [2.45, 2.75) is 18.2 Å². The fourth-order valence-electron chi connectivity index (χ4n) is 2.96. The molecule has 0 saturated heterocycles. The van der Waals surface area contributed by atoms with Crippen molar-refractivity contribution >= 4 is 50.1 Å². The molecule has 0 radical (unpaired) electrons. The van der Waals surface area contributed by atoms with E-state index < -0.39 is 10.0 Å². The molecule has 0 fully saturated rings. The fraction of sp³-hybridized carbons (Fsp3) is 0.0952. The Bertz CT molecular complexity index is 1370. The Labute approximate surface area is 183 Å². The van der Waals surface area contributed by atoms with Gasteiger partial charge in [0.2, 0.25) is 11.9 Å². The summed E-state index contributed by atoms with van der Waals surface area (Å²) in [7, 11) is -3.86. The molecular weight excluding hydrogens is 440 g/mol. The predicted molar refractivity (Wildman–Crippen MR) is 118 cm³/mol. The number of anilines is 2. The number of fused-ring (bicyclic) bond motifs is 1. The minimum atomic E-state index is -3.86. The van der Waals surface area contributed by atoms with Gasteiger partial charge in [-0.05, 0) is 55.5 Å². The van der Waals surface area contributed by atoms with E-state index in [0.717, 1.165) is 5.39 Å². The van der Waals surface area contributed by atoms with E-state index in [-0.39, 0.29) is 23.2 Å². The summed E-state index contributed by atoms with van der Waals surface area (Å²) in [6.45, 7) is 1.73. The highest BCUT2D eigenvalue weighted by Crippen LogP contribution is 2.25. The Balaban J connectivity index is 1.44. The Morgan fingerprint density at radius 1 is 1.13 bits per heavy atom. The molecule has 2 N–H and O–H groups in total. The Hall–Kier alpha value is -3.43. The van der Waals surface area contributed by atoms with Gasteiger partial charge in [0.25, 0.3) is 10.0 Å². The number of amides is 1. The lowest BCUT2D eigenvalue weighted by atomic mass is 10.1. The fourth-order valence-corrected chi connectivity index (χ4v) is 4.09. The van der Waals surface area contributed by atoms with Gasteiger partial charge in [0.05, 0.1) is 17.6 Å². The lowest BCUT2D eigenvalue weighted by Gasteiger charge is -2.09. The van der Waals surface area contributed by atoms with Gasteiger partial charge in [-0.1, -0.05) is 11.6 Å². The van der Waals surface area contributed by atoms with E-state index in [2.05, 4.69) is 20.0 Å². The topological polar surface area (TPSA) is 114 Å². The smallest absolute Gasteiger partial charge is 0.264 e. The maximum absolute atomic E-state index is 12.5. The molecule has 2 aromatic heterocycles. The molecule has 1 amide bonds. The van der Waals surface area contributed by atoms with Crippen LogP contribution < -0.4 is 10.0 Å². The van der Waals surface area contributed by atoms with Crippen LogP contribution in [-0.2, 0) is 21.2 Å². The summed E-state index contributed by atoms with van der Waals surface area (Å²) in [5, 5.41) is 4.07. The van der Waals surface area contributed by atoms with Gasteiger partial charge < -0.3 is 9.73 Å². The second-order valence-electron chi connectivity index (χ2n) is 6.78. The van der Waals surface area contributed by atoms with Crippen LogP contribution in [0.15, 0.2) is 70.3 Å². The van der Waals surface area contributed by atoms with Crippen LogP contribution in [0.2, 0.25) is 5.02 Å². The maximum Gasteiger partial charge on any atom is 0.264 e. The van der Waals surface area contributed by atoms with Gasteiger partial charge in [-0.25, -0.2) is 23.1 Å². The number of carbonyl (C=O) groups is 1. The van der Waals surface area contributed by atoms with Gasteiger partial charge in [-0.2, -0.15) is 0 Å². The molecule has 0 aliphatic rings. The van der Waals surface area contributed by atoms with Crippen molar-refractivity contribution in [3.8, 4) is 0 Å². The van der Waals surface area contributed by atoms with Gasteiger partial charge in [0, 0.05) is 33.6 Å². The molecular formula is C21H17ClN4O4S. The highest BCUT2D eigenvalue weighted by atomic mass is 35.5. The van der Waals surface area contributed by atoms with E-state index >= 15 is 0 Å². The van der Waals surface area contributed by atoms with Gasteiger partial charge in [0.15, 0.2) is 0 Å². The summed E-state index contributed by atoms with van der Waals surface area (Å²) in [6.07, 6.45) is 3.07. The first-order valence-electron chi connectivity index (χ1n) is 9.18. The molecule has 8 nitrogen and oxygen atoms in total. The van der Waals surface area contributed by atoms with Crippen LogP contribution in [0.5, 0.6) is 0 Å². The first-order chi connectivity index (χ1) is 14.8. The van der Waals surface area contributed by atoms with E-state index in [0.29, 0.717) is 27.6 Å². The van der Waals surface area contributed by atoms with Crippen molar-refractivity contribution in [3.05, 3.63) is 77.3 Å². The number of halogens is 1. The molecule has 0 atom stereocenters. The molecule has 10 heteroatoms. The molecule has 4 aromatic rings. The van der Waals surface area contributed by atoms with Crippen molar-refractivity contribution < 1.29 is 17.6 Å².